The molecule has 1 saturated carbocycles. The van der Waals surface area contributed by atoms with Crippen molar-refractivity contribution in [1.82, 2.24) is 20.1 Å². The van der Waals surface area contributed by atoms with Gasteiger partial charge in [-0.1, -0.05) is 6.07 Å². The Bertz CT molecular complexity index is 1360. The van der Waals surface area contributed by atoms with Crippen LogP contribution in [0.25, 0.3) is 5.00 Å². The highest BCUT2D eigenvalue weighted by atomic mass is 32.1. The molecule has 0 spiro atoms. The molecule has 0 radical (unpaired) electrons. The molecule has 2 aromatic heterocycles. The highest BCUT2D eigenvalue weighted by Crippen LogP contribution is 2.41. The Morgan fingerprint density at radius 2 is 2.06 bits per heavy atom. The summed E-state index contributed by atoms with van der Waals surface area (Å²) in [4.78, 5) is 23.2. The number of ether oxygens (including phenoxy) is 1. The van der Waals surface area contributed by atoms with Gasteiger partial charge >= 0.3 is 0 Å². The summed E-state index contributed by atoms with van der Waals surface area (Å²) >= 11 is 1.47. The molecule has 188 valence electrons. The van der Waals surface area contributed by atoms with E-state index in [0.29, 0.717) is 29.6 Å². The van der Waals surface area contributed by atoms with Crippen LogP contribution in [0, 0.1) is 17.6 Å². The number of carbonyl (C=O) groups excluding carboxylic acids is 1. The number of nitrogens with one attached hydrogen (secondary N) is 1. The van der Waals surface area contributed by atoms with Gasteiger partial charge in [-0.3, -0.25) is 9.79 Å². The molecule has 1 amide bonds. The van der Waals surface area contributed by atoms with Gasteiger partial charge in [-0.05, 0) is 50.7 Å². The Balaban J connectivity index is 1.47. The summed E-state index contributed by atoms with van der Waals surface area (Å²) in [7, 11) is 0. The molecule has 1 atom stereocenters. The number of fused-ring (bicyclic) bond motifs is 5. The number of hydrogen-bond donors (Lipinski definition) is 2. The van der Waals surface area contributed by atoms with Crippen molar-refractivity contribution in [1.29, 1.82) is 0 Å². The fraction of sp³-hybridized carbons (Fsp3) is 0.440. The van der Waals surface area contributed by atoms with E-state index in [4.69, 9.17) is 9.73 Å². The van der Waals surface area contributed by atoms with E-state index in [-0.39, 0.29) is 35.7 Å². The minimum Gasteiger partial charge on any atom is -0.396 e. The van der Waals surface area contributed by atoms with E-state index in [0.717, 1.165) is 36.1 Å². The zero-order chi connectivity index (χ0) is 25.0. The van der Waals surface area contributed by atoms with Crippen LogP contribution in [0.3, 0.4) is 0 Å². The second-order valence-corrected chi connectivity index (χ2v) is 10.6. The number of aromatic nitrogens is 3. The Labute approximate surface area is 210 Å². The molecule has 0 bridgehead atoms. The first-order chi connectivity index (χ1) is 17.4. The maximum absolute atomic E-state index is 15.0. The quantitative estimate of drug-likeness (QED) is 0.556. The minimum atomic E-state index is -0.698. The van der Waals surface area contributed by atoms with Gasteiger partial charge in [-0.15, -0.1) is 16.4 Å². The van der Waals surface area contributed by atoms with Crippen molar-refractivity contribution >= 4 is 23.0 Å². The van der Waals surface area contributed by atoms with Gasteiger partial charge in [0, 0.05) is 35.3 Å². The molecule has 1 aromatic carbocycles. The molecule has 36 heavy (non-hydrogen) atoms. The molecular formula is C25H25F2N5O3S. The molecule has 2 N–H and O–H groups in total. The maximum Gasteiger partial charge on any atom is 0.291 e. The van der Waals surface area contributed by atoms with Crippen LogP contribution in [-0.2, 0) is 17.8 Å². The van der Waals surface area contributed by atoms with Crippen molar-refractivity contribution < 1.29 is 23.4 Å². The van der Waals surface area contributed by atoms with Gasteiger partial charge in [0.15, 0.2) is 5.82 Å². The van der Waals surface area contributed by atoms with Crippen molar-refractivity contribution in [3.8, 4) is 5.00 Å². The highest BCUT2D eigenvalue weighted by molar-refractivity contribution is 7.15. The zero-order valence-electron chi connectivity index (χ0n) is 19.6. The van der Waals surface area contributed by atoms with Gasteiger partial charge < -0.3 is 15.2 Å². The number of aliphatic hydroxyl groups excluding tert-OH is 1. The summed E-state index contributed by atoms with van der Waals surface area (Å²) < 4.78 is 37.4. The van der Waals surface area contributed by atoms with Crippen molar-refractivity contribution in [3.05, 3.63) is 63.0 Å². The molecule has 0 saturated heterocycles. The van der Waals surface area contributed by atoms with Crippen LogP contribution in [0.15, 0.2) is 23.2 Å². The molecule has 4 heterocycles. The van der Waals surface area contributed by atoms with Crippen LogP contribution in [0.5, 0.6) is 0 Å². The number of aliphatic hydroxyl groups is 1. The molecule has 11 heteroatoms. The van der Waals surface area contributed by atoms with E-state index in [1.807, 2.05) is 0 Å². The lowest BCUT2D eigenvalue weighted by molar-refractivity contribution is 0.0822. The van der Waals surface area contributed by atoms with Crippen LogP contribution in [0.1, 0.15) is 70.2 Å². The lowest BCUT2D eigenvalue weighted by Crippen LogP contribution is -2.45. The number of rotatable bonds is 4. The summed E-state index contributed by atoms with van der Waals surface area (Å²) in [6.45, 7) is 2.78. The van der Waals surface area contributed by atoms with E-state index in [1.165, 1.54) is 29.5 Å². The topological polar surface area (TPSA) is 102 Å². The second kappa shape index (κ2) is 9.13. The van der Waals surface area contributed by atoms with Gasteiger partial charge in [-0.25, -0.2) is 18.4 Å². The first-order valence-electron chi connectivity index (χ1n) is 12.1. The summed E-state index contributed by atoms with van der Waals surface area (Å²) in [5.74, 6) is -1.14. The van der Waals surface area contributed by atoms with Crippen molar-refractivity contribution in [2.75, 3.05) is 13.2 Å². The molecule has 0 unspecified atom stereocenters. The summed E-state index contributed by atoms with van der Waals surface area (Å²) in [5.41, 5.74) is 1.44. The van der Waals surface area contributed by atoms with Crippen molar-refractivity contribution in [2.45, 2.75) is 51.3 Å². The number of aryl methyl sites for hydroxylation is 1. The number of aliphatic imine (C=N–C) groups is 1. The smallest absolute Gasteiger partial charge is 0.291 e. The summed E-state index contributed by atoms with van der Waals surface area (Å²) in [6.07, 6.45) is 3.03. The predicted octanol–water partition coefficient (Wildman–Crippen LogP) is 3.48. The number of nitrogens with zero attached hydrogens (tertiary/aromatic N) is 4. The van der Waals surface area contributed by atoms with E-state index in [9.17, 15) is 18.7 Å². The summed E-state index contributed by atoms with van der Waals surface area (Å²) in [6, 6.07) is 3.14. The third-order valence-corrected chi connectivity index (χ3v) is 8.27. The van der Waals surface area contributed by atoms with Crippen LogP contribution in [0.4, 0.5) is 8.78 Å². The highest BCUT2D eigenvalue weighted by Gasteiger charge is 2.36. The van der Waals surface area contributed by atoms with Gasteiger partial charge in [-0.2, -0.15) is 0 Å². The lowest BCUT2D eigenvalue weighted by Gasteiger charge is -2.34. The second-order valence-electron chi connectivity index (χ2n) is 9.49. The number of hydrogen-bond acceptors (Lipinski definition) is 7. The third-order valence-electron chi connectivity index (χ3n) is 7.00. The average molecular weight is 514 g/mol. The van der Waals surface area contributed by atoms with Crippen LogP contribution >= 0.6 is 11.3 Å². The minimum absolute atomic E-state index is 0.0189. The largest absolute Gasteiger partial charge is 0.396 e. The van der Waals surface area contributed by atoms with E-state index in [2.05, 4.69) is 15.4 Å². The van der Waals surface area contributed by atoms with Crippen LogP contribution in [0.2, 0.25) is 0 Å². The Hall–Kier alpha value is -3.02. The molecule has 1 fully saturated rings. The van der Waals surface area contributed by atoms with Crippen LogP contribution in [-0.4, -0.2) is 50.7 Å². The lowest BCUT2D eigenvalue weighted by atomic mass is 9.81. The Morgan fingerprint density at radius 1 is 1.28 bits per heavy atom. The van der Waals surface area contributed by atoms with Crippen LogP contribution < -0.4 is 5.32 Å². The molecule has 2 aliphatic heterocycles. The molecular weight excluding hydrogens is 488 g/mol. The molecule has 3 aliphatic rings. The van der Waals surface area contributed by atoms with Gasteiger partial charge in [0.1, 0.15) is 22.7 Å². The van der Waals surface area contributed by atoms with Gasteiger partial charge in [0.2, 0.25) is 5.82 Å². The maximum atomic E-state index is 15.0. The molecule has 3 aromatic rings. The van der Waals surface area contributed by atoms with E-state index < -0.39 is 23.6 Å². The molecule has 1 aliphatic carbocycles. The average Bonchev–Trinajstić information content (AvgIpc) is 3.32. The van der Waals surface area contributed by atoms with Gasteiger partial charge in [0.25, 0.3) is 5.91 Å². The van der Waals surface area contributed by atoms with Gasteiger partial charge in [0.05, 0.1) is 17.9 Å². The molecule has 6 rings (SSSR count). The normalized spacial score (nSPS) is 22.9. The van der Waals surface area contributed by atoms with Crippen molar-refractivity contribution in [3.63, 3.8) is 0 Å². The predicted molar refractivity (Wildman–Crippen MR) is 129 cm³/mol. The fourth-order valence-corrected chi connectivity index (χ4v) is 6.38. The number of amides is 1. The number of carbonyl (C=O) groups is 1. The van der Waals surface area contributed by atoms with Crippen molar-refractivity contribution in [2.24, 2.45) is 10.9 Å². The fourth-order valence-electron chi connectivity index (χ4n) is 5.08. The zero-order valence-corrected chi connectivity index (χ0v) is 20.4. The number of thiophene rings is 1. The Morgan fingerprint density at radius 3 is 2.81 bits per heavy atom. The first-order valence-corrected chi connectivity index (χ1v) is 12.9. The number of benzene rings is 1. The monoisotopic (exact) mass is 513 g/mol. The standard InChI is InChI=1S/C25H25F2N5O3S/c1-12-23-30-22(24(34)29-14-8-13(9-14)10-33)31-32(23)25-19(15-11-35-7-3-6-18(15)36-25)21(28-12)20-16(26)4-2-5-17(20)27/h2,4-5,12-14,33H,3,6-11H2,1H3,(H,29,34)/t12-,13?,14?/m0/s1. The van der Waals surface area contributed by atoms with E-state index >= 15 is 0 Å². The number of halogens is 2. The van der Waals surface area contributed by atoms with E-state index in [1.54, 1.807) is 11.6 Å². The Kier molecular flexibility index (Phi) is 5.93. The molecule has 8 nitrogen and oxygen atoms in total. The third kappa shape index (κ3) is 3.86. The SMILES string of the molecule is C[C@@H]1N=C(c2c(F)cccc2F)c2c(sc3c2COCCC3)-n2nc(C(=O)NC3CC(CO)C3)nc21. The first kappa shape index (κ1) is 23.4. The summed E-state index contributed by atoms with van der Waals surface area (Å²) in [5, 5.41) is 17.3.